The monoisotopic (exact) mass is 326 g/mol. The van der Waals surface area contributed by atoms with E-state index >= 15 is 0 Å². The molecule has 1 aromatic carbocycles. The first kappa shape index (κ1) is 13.4. The molecule has 0 fully saturated rings. The highest BCUT2D eigenvalue weighted by molar-refractivity contribution is 9.10. The molecule has 2 aromatic rings. The lowest BCUT2D eigenvalue weighted by atomic mass is 10.3. The number of benzene rings is 1. The summed E-state index contributed by atoms with van der Waals surface area (Å²) in [5.41, 5.74) is 0. The minimum Gasteiger partial charge on any atom is -0.490 e. The molecule has 0 spiro atoms. The Morgan fingerprint density at radius 1 is 1.17 bits per heavy atom. The van der Waals surface area contributed by atoms with Gasteiger partial charge in [0.2, 0.25) is 0 Å². The van der Waals surface area contributed by atoms with E-state index in [1.54, 1.807) is 11.3 Å². The average Bonchev–Trinajstić information content (AvgIpc) is 2.81. The van der Waals surface area contributed by atoms with Gasteiger partial charge in [-0.3, -0.25) is 0 Å². The van der Waals surface area contributed by atoms with Crippen LogP contribution in [0.15, 0.2) is 40.2 Å². The van der Waals surface area contributed by atoms with Crippen molar-refractivity contribution in [2.45, 2.75) is 20.0 Å². The van der Waals surface area contributed by atoms with Crippen LogP contribution in [0.1, 0.15) is 18.2 Å². The Morgan fingerprint density at radius 3 is 2.50 bits per heavy atom. The molecule has 1 aromatic heterocycles. The smallest absolute Gasteiger partial charge is 0.161 e. The number of rotatable bonds is 6. The van der Waals surface area contributed by atoms with Gasteiger partial charge < -0.3 is 9.47 Å². The Balaban J connectivity index is 1.99. The molecule has 1 heterocycles. The molecule has 0 radical (unpaired) electrons. The summed E-state index contributed by atoms with van der Waals surface area (Å²) < 4.78 is 12.5. The van der Waals surface area contributed by atoms with Crippen LogP contribution in [0.3, 0.4) is 0 Å². The molecule has 2 nitrogen and oxygen atoms in total. The van der Waals surface area contributed by atoms with Crippen molar-refractivity contribution in [1.29, 1.82) is 0 Å². The fourth-order valence-corrected chi connectivity index (χ4v) is 2.84. The molecule has 0 unspecified atom stereocenters. The highest BCUT2D eigenvalue weighted by Gasteiger charge is 2.05. The molecule has 0 aliphatic rings. The Bertz CT molecular complexity index is 496. The standard InChI is InChI=1S/C14H15BrO2S/c1-2-7-16-13-5-3-4-6-14(13)17-9-12-8-11(15)10-18-12/h3-6,8,10H,2,7,9H2,1H3. The van der Waals surface area contributed by atoms with Crippen LogP contribution in [-0.2, 0) is 6.61 Å². The number of hydrogen-bond donors (Lipinski definition) is 0. The van der Waals surface area contributed by atoms with E-state index in [0.717, 1.165) is 22.4 Å². The van der Waals surface area contributed by atoms with Gasteiger partial charge in [0.25, 0.3) is 0 Å². The van der Waals surface area contributed by atoms with E-state index < -0.39 is 0 Å². The SMILES string of the molecule is CCCOc1ccccc1OCc1cc(Br)cs1. The van der Waals surface area contributed by atoms with Gasteiger partial charge in [0, 0.05) is 14.7 Å². The summed E-state index contributed by atoms with van der Waals surface area (Å²) in [6.45, 7) is 3.38. The summed E-state index contributed by atoms with van der Waals surface area (Å²) in [6.07, 6.45) is 0.992. The van der Waals surface area contributed by atoms with E-state index in [1.165, 1.54) is 4.88 Å². The van der Waals surface area contributed by atoms with Gasteiger partial charge >= 0.3 is 0 Å². The van der Waals surface area contributed by atoms with E-state index in [2.05, 4.69) is 34.3 Å². The molecule has 2 rings (SSSR count). The number of ether oxygens (including phenoxy) is 2. The lowest BCUT2D eigenvalue weighted by Crippen LogP contribution is -1.99. The summed E-state index contributed by atoms with van der Waals surface area (Å²) in [6, 6.07) is 9.86. The van der Waals surface area contributed by atoms with Crippen molar-refractivity contribution >= 4 is 27.3 Å². The fraction of sp³-hybridized carbons (Fsp3) is 0.286. The second kappa shape index (κ2) is 6.81. The molecule has 4 heteroatoms. The Morgan fingerprint density at radius 2 is 1.89 bits per heavy atom. The van der Waals surface area contributed by atoms with Crippen molar-refractivity contribution in [3.8, 4) is 11.5 Å². The minimum atomic E-state index is 0.572. The van der Waals surface area contributed by atoms with Crippen LogP contribution >= 0.6 is 27.3 Å². The molecular formula is C14H15BrO2S. The number of hydrogen-bond acceptors (Lipinski definition) is 3. The average molecular weight is 327 g/mol. The summed E-state index contributed by atoms with van der Waals surface area (Å²) in [4.78, 5) is 1.19. The maximum atomic E-state index is 5.80. The number of thiophene rings is 1. The maximum absolute atomic E-state index is 5.80. The molecule has 0 amide bonds. The van der Waals surface area contributed by atoms with Crippen LogP contribution in [-0.4, -0.2) is 6.61 Å². The second-order valence-electron chi connectivity index (χ2n) is 3.82. The van der Waals surface area contributed by atoms with E-state index in [4.69, 9.17) is 9.47 Å². The molecule has 0 aliphatic carbocycles. The van der Waals surface area contributed by atoms with Crippen molar-refractivity contribution in [2.24, 2.45) is 0 Å². The second-order valence-corrected chi connectivity index (χ2v) is 5.73. The van der Waals surface area contributed by atoms with E-state index in [1.807, 2.05) is 24.3 Å². The largest absolute Gasteiger partial charge is 0.490 e. The normalized spacial score (nSPS) is 10.3. The lowest BCUT2D eigenvalue weighted by Gasteiger charge is -2.11. The van der Waals surface area contributed by atoms with Crippen LogP contribution in [0.5, 0.6) is 11.5 Å². The first-order chi connectivity index (χ1) is 8.79. The van der Waals surface area contributed by atoms with Gasteiger partial charge in [-0.25, -0.2) is 0 Å². The Kier molecular flexibility index (Phi) is 5.08. The quantitative estimate of drug-likeness (QED) is 0.753. The molecule has 0 saturated carbocycles. The lowest BCUT2D eigenvalue weighted by molar-refractivity contribution is 0.263. The van der Waals surface area contributed by atoms with Gasteiger partial charge in [-0.15, -0.1) is 11.3 Å². The van der Waals surface area contributed by atoms with Gasteiger partial charge in [-0.05, 0) is 40.5 Å². The first-order valence-corrected chi connectivity index (χ1v) is 7.54. The van der Waals surface area contributed by atoms with Gasteiger partial charge in [0.15, 0.2) is 11.5 Å². The zero-order valence-electron chi connectivity index (χ0n) is 10.2. The van der Waals surface area contributed by atoms with Crippen molar-refractivity contribution < 1.29 is 9.47 Å². The summed E-state index contributed by atoms with van der Waals surface area (Å²) in [5.74, 6) is 1.62. The Hall–Kier alpha value is -1.000. The van der Waals surface area contributed by atoms with Crippen molar-refractivity contribution in [3.63, 3.8) is 0 Å². The third kappa shape index (κ3) is 3.75. The zero-order valence-corrected chi connectivity index (χ0v) is 12.6. The van der Waals surface area contributed by atoms with Crippen LogP contribution in [0.25, 0.3) is 0 Å². The van der Waals surface area contributed by atoms with Gasteiger partial charge in [0.05, 0.1) is 6.61 Å². The van der Waals surface area contributed by atoms with E-state index in [9.17, 15) is 0 Å². The van der Waals surface area contributed by atoms with Crippen LogP contribution in [0.4, 0.5) is 0 Å². The molecule has 18 heavy (non-hydrogen) atoms. The maximum Gasteiger partial charge on any atom is 0.161 e. The highest BCUT2D eigenvalue weighted by Crippen LogP contribution is 2.28. The predicted octanol–water partition coefficient (Wildman–Crippen LogP) is 4.88. The van der Waals surface area contributed by atoms with Gasteiger partial charge in [-0.2, -0.15) is 0 Å². The summed E-state index contributed by atoms with van der Waals surface area (Å²) in [7, 11) is 0. The Labute approximate surface area is 120 Å². The van der Waals surface area contributed by atoms with Crippen LogP contribution < -0.4 is 9.47 Å². The molecule has 0 atom stereocenters. The van der Waals surface area contributed by atoms with Gasteiger partial charge in [0.1, 0.15) is 6.61 Å². The molecule has 0 aliphatic heterocycles. The molecule has 0 saturated heterocycles. The van der Waals surface area contributed by atoms with Crippen molar-refractivity contribution in [3.05, 3.63) is 45.1 Å². The van der Waals surface area contributed by atoms with Crippen LogP contribution in [0, 0.1) is 0 Å². The summed E-state index contributed by atoms with van der Waals surface area (Å²) in [5, 5.41) is 2.05. The third-order valence-corrected chi connectivity index (χ3v) is 3.97. The number of para-hydroxylation sites is 2. The minimum absolute atomic E-state index is 0.572. The first-order valence-electron chi connectivity index (χ1n) is 5.87. The zero-order chi connectivity index (χ0) is 12.8. The molecule has 96 valence electrons. The van der Waals surface area contributed by atoms with Gasteiger partial charge in [-0.1, -0.05) is 19.1 Å². The van der Waals surface area contributed by atoms with E-state index in [0.29, 0.717) is 13.2 Å². The summed E-state index contributed by atoms with van der Waals surface area (Å²) >= 11 is 5.12. The van der Waals surface area contributed by atoms with E-state index in [-0.39, 0.29) is 0 Å². The fourth-order valence-electron chi connectivity index (χ4n) is 1.48. The number of halogens is 1. The predicted molar refractivity (Wildman–Crippen MR) is 78.6 cm³/mol. The van der Waals surface area contributed by atoms with Crippen molar-refractivity contribution in [1.82, 2.24) is 0 Å². The third-order valence-electron chi connectivity index (χ3n) is 2.30. The van der Waals surface area contributed by atoms with Crippen molar-refractivity contribution in [2.75, 3.05) is 6.61 Å². The molecular weight excluding hydrogens is 312 g/mol. The molecule has 0 bridgehead atoms. The topological polar surface area (TPSA) is 18.5 Å². The molecule has 0 N–H and O–H groups in total. The highest BCUT2D eigenvalue weighted by atomic mass is 79.9. The van der Waals surface area contributed by atoms with Crippen LogP contribution in [0.2, 0.25) is 0 Å².